The van der Waals surface area contributed by atoms with Crippen LogP contribution in [0.5, 0.6) is 5.75 Å². The molecule has 0 aromatic heterocycles. The third-order valence-electron chi connectivity index (χ3n) is 1.98. The normalized spacial score (nSPS) is 10.0. The fourth-order valence-corrected chi connectivity index (χ4v) is 1.84. The highest BCUT2D eigenvalue weighted by Crippen LogP contribution is 2.34. The lowest BCUT2D eigenvalue weighted by molar-refractivity contribution is -0.386. The molecule has 0 aliphatic heterocycles. The van der Waals surface area contributed by atoms with Crippen LogP contribution in [0.2, 0.25) is 0 Å². The van der Waals surface area contributed by atoms with E-state index in [1.807, 2.05) is 0 Å². The molecule has 6 nitrogen and oxygen atoms in total. The quantitative estimate of drug-likeness (QED) is 0.667. The minimum absolute atomic E-state index is 0.0986. The number of carboxylic acids is 1. The Morgan fingerprint density at radius 3 is 2.76 bits per heavy atom. The molecule has 0 saturated heterocycles. The average Bonchev–Trinajstić information content (AvgIpc) is 2.19. The maximum Gasteiger partial charge on any atom is 0.312 e. The highest BCUT2D eigenvalue weighted by atomic mass is 79.9. The van der Waals surface area contributed by atoms with Gasteiger partial charge in [0.05, 0.1) is 18.0 Å². The summed E-state index contributed by atoms with van der Waals surface area (Å²) in [5, 5.41) is 19.3. The number of carbonyl (C=O) groups is 1. The van der Waals surface area contributed by atoms with E-state index in [0.717, 1.165) is 0 Å². The number of nitro groups is 1. The van der Waals surface area contributed by atoms with E-state index >= 15 is 0 Å². The summed E-state index contributed by atoms with van der Waals surface area (Å²) in [6.07, 6.45) is -0.202. The SMILES string of the molecule is Cc1cc(Br)cc([N+](=O)[O-])c1OCCC(=O)O. The van der Waals surface area contributed by atoms with Gasteiger partial charge >= 0.3 is 11.7 Å². The molecule has 0 bridgehead atoms. The lowest BCUT2D eigenvalue weighted by Crippen LogP contribution is -2.07. The van der Waals surface area contributed by atoms with Gasteiger partial charge in [-0.15, -0.1) is 0 Å². The lowest BCUT2D eigenvalue weighted by Gasteiger charge is -2.08. The van der Waals surface area contributed by atoms with E-state index < -0.39 is 10.9 Å². The molecule has 0 amide bonds. The predicted molar refractivity (Wildman–Crippen MR) is 63.3 cm³/mol. The molecule has 0 aliphatic rings. The van der Waals surface area contributed by atoms with Crippen molar-refractivity contribution in [1.82, 2.24) is 0 Å². The van der Waals surface area contributed by atoms with Crippen molar-refractivity contribution in [2.24, 2.45) is 0 Å². The second-order valence-electron chi connectivity index (χ2n) is 3.32. The van der Waals surface area contributed by atoms with Gasteiger partial charge in [-0.05, 0) is 18.6 Å². The van der Waals surface area contributed by atoms with Gasteiger partial charge < -0.3 is 9.84 Å². The highest BCUT2D eigenvalue weighted by Gasteiger charge is 2.19. The minimum Gasteiger partial charge on any atom is -0.486 e. The number of carboxylic acid groups (broad SMARTS) is 1. The summed E-state index contributed by atoms with van der Waals surface area (Å²) in [7, 11) is 0. The number of rotatable bonds is 5. The Morgan fingerprint density at radius 1 is 1.59 bits per heavy atom. The first kappa shape index (κ1) is 13.4. The molecule has 1 N–H and O–H groups in total. The van der Waals surface area contributed by atoms with Crippen LogP contribution in [-0.2, 0) is 4.79 Å². The molecular weight excluding hydrogens is 294 g/mol. The summed E-state index contributed by atoms with van der Waals surface area (Å²) in [4.78, 5) is 20.6. The van der Waals surface area contributed by atoms with Crippen molar-refractivity contribution >= 4 is 27.6 Å². The standard InChI is InChI=1S/C10H10BrNO5/c1-6-4-7(11)5-8(12(15)16)10(6)17-3-2-9(13)14/h4-5H,2-3H2,1H3,(H,13,14). The number of halogens is 1. The smallest absolute Gasteiger partial charge is 0.312 e. The Labute approximate surface area is 105 Å². The second kappa shape index (κ2) is 5.62. The summed E-state index contributed by atoms with van der Waals surface area (Å²) in [6, 6.07) is 2.99. The van der Waals surface area contributed by atoms with Gasteiger partial charge in [0.25, 0.3) is 0 Å². The van der Waals surface area contributed by atoms with Crippen molar-refractivity contribution in [3.8, 4) is 5.75 Å². The number of aryl methyl sites for hydroxylation is 1. The third kappa shape index (κ3) is 3.70. The van der Waals surface area contributed by atoms with E-state index in [2.05, 4.69) is 15.9 Å². The fraction of sp³-hybridized carbons (Fsp3) is 0.300. The van der Waals surface area contributed by atoms with Crippen molar-refractivity contribution in [2.75, 3.05) is 6.61 Å². The molecule has 0 heterocycles. The van der Waals surface area contributed by atoms with E-state index in [0.29, 0.717) is 10.0 Å². The number of hydrogen-bond donors (Lipinski definition) is 1. The molecule has 0 saturated carbocycles. The van der Waals surface area contributed by atoms with E-state index in [1.54, 1.807) is 13.0 Å². The van der Waals surface area contributed by atoms with Gasteiger partial charge in [-0.1, -0.05) is 15.9 Å². The minimum atomic E-state index is -1.01. The van der Waals surface area contributed by atoms with Crippen molar-refractivity contribution in [3.63, 3.8) is 0 Å². The van der Waals surface area contributed by atoms with Crippen molar-refractivity contribution < 1.29 is 19.6 Å². The Morgan fingerprint density at radius 2 is 2.24 bits per heavy atom. The second-order valence-corrected chi connectivity index (χ2v) is 4.24. The molecule has 0 atom stereocenters. The van der Waals surface area contributed by atoms with Gasteiger partial charge in [0.1, 0.15) is 0 Å². The van der Waals surface area contributed by atoms with E-state index in [4.69, 9.17) is 9.84 Å². The third-order valence-corrected chi connectivity index (χ3v) is 2.44. The lowest BCUT2D eigenvalue weighted by atomic mass is 10.2. The Kier molecular flexibility index (Phi) is 4.45. The van der Waals surface area contributed by atoms with Gasteiger partial charge in [-0.25, -0.2) is 0 Å². The predicted octanol–water partition coefficient (Wildman–Crippen LogP) is 2.52. The topological polar surface area (TPSA) is 89.7 Å². The number of hydrogen-bond acceptors (Lipinski definition) is 4. The van der Waals surface area contributed by atoms with Crippen LogP contribution < -0.4 is 4.74 Å². The maximum absolute atomic E-state index is 10.8. The largest absolute Gasteiger partial charge is 0.486 e. The molecule has 0 unspecified atom stereocenters. The molecule has 1 aromatic carbocycles. The average molecular weight is 304 g/mol. The zero-order valence-corrected chi connectivity index (χ0v) is 10.6. The molecule has 1 rings (SSSR count). The summed E-state index contributed by atoms with van der Waals surface area (Å²) < 4.78 is 5.73. The van der Waals surface area contributed by atoms with Gasteiger partial charge in [-0.2, -0.15) is 0 Å². The Balaban J connectivity index is 2.96. The van der Waals surface area contributed by atoms with Crippen LogP contribution >= 0.6 is 15.9 Å². The van der Waals surface area contributed by atoms with Crippen LogP contribution in [0.1, 0.15) is 12.0 Å². The summed E-state index contributed by atoms with van der Waals surface area (Å²) >= 11 is 3.15. The summed E-state index contributed by atoms with van der Waals surface area (Å²) in [5.41, 5.74) is 0.402. The number of benzene rings is 1. The van der Waals surface area contributed by atoms with Crippen molar-refractivity contribution in [1.29, 1.82) is 0 Å². The maximum atomic E-state index is 10.8. The number of nitro benzene ring substituents is 1. The van der Waals surface area contributed by atoms with Crippen LogP contribution in [-0.4, -0.2) is 22.6 Å². The first-order valence-corrected chi connectivity index (χ1v) is 5.50. The zero-order valence-electron chi connectivity index (χ0n) is 8.97. The zero-order chi connectivity index (χ0) is 13.0. The number of ether oxygens (including phenoxy) is 1. The molecule has 17 heavy (non-hydrogen) atoms. The van der Waals surface area contributed by atoms with Gasteiger partial charge in [-0.3, -0.25) is 14.9 Å². The van der Waals surface area contributed by atoms with Gasteiger partial charge in [0, 0.05) is 10.5 Å². The van der Waals surface area contributed by atoms with Gasteiger partial charge in [0.2, 0.25) is 0 Å². The van der Waals surface area contributed by atoms with Gasteiger partial charge in [0.15, 0.2) is 5.75 Å². The van der Waals surface area contributed by atoms with E-state index in [9.17, 15) is 14.9 Å². The Bertz CT molecular complexity index is 460. The van der Waals surface area contributed by atoms with E-state index in [1.165, 1.54) is 6.07 Å². The van der Waals surface area contributed by atoms with Crippen LogP contribution in [0.15, 0.2) is 16.6 Å². The molecule has 0 radical (unpaired) electrons. The molecule has 0 fully saturated rings. The monoisotopic (exact) mass is 303 g/mol. The number of aliphatic carboxylic acids is 1. The molecule has 0 spiro atoms. The Hall–Kier alpha value is -1.63. The number of nitrogens with zero attached hydrogens (tertiary/aromatic N) is 1. The van der Waals surface area contributed by atoms with E-state index in [-0.39, 0.29) is 24.5 Å². The van der Waals surface area contributed by atoms with Crippen LogP contribution in [0.4, 0.5) is 5.69 Å². The highest BCUT2D eigenvalue weighted by molar-refractivity contribution is 9.10. The molecule has 1 aromatic rings. The summed E-state index contributed by atoms with van der Waals surface area (Å²) in [5.74, 6) is -0.901. The molecule has 92 valence electrons. The first-order chi connectivity index (χ1) is 7.91. The van der Waals surface area contributed by atoms with Crippen LogP contribution in [0.25, 0.3) is 0 Å². The van der Waals surface area contributed by atoms with Crippen molar-refractivity contribution in [3.05, 3.63) is 32.3 Å². The molecule has 7 heteroatoms. The van der Waals surface area contributed by atoms with Crippen LogP contribution in [0, 0.1) is 17.0 Å². The summed E-state index contributed by atoms with van der Waals surface area (Å²) in [6.45, 7) is 1.56. The molecular formula is C10H10BrNO5. The fourth-order valence-electron chi connectivity index (χ4n) is 1.28. The van der Waals surface area contributed by atoms with Crippen molar-refractivity contribution in [2.45, 2.75) is 13.3 Å². The van der Waals surface area contributed by atoms with Crippen LogP contribution in [0.3, 0.4) is 0 Å². The molecule has 0 aliphatic carbocycles. The first-order valence-electron chi connectivity index (χ1n) is 4.71.